The second-order valence-electron chi connectivity index (χ2n) is 5.99. The van der Waals surface area contributed by atoms with Crippen LogP contribution in [0.2, 0.25) is 0 Å². The predicted octanol–water partition coefficient (Wildman–Crippen LogP) is 1.97. The molecule has 1 aromatic carbocycles. The van der Waals surface area contributed by atoms with Crippen molar-refractivity contribution in [2.45, 2.75) is 31.3 Å². The van der Waals surface area contributed by atoms with E-state index in [1.54, 1.807) is 0 Å². The Labute approximate surface area is 150 Å². The van der Waals surface area contributed by atoms with Gasteiger partial charge >= 0.3 is 0 Å². The third kappa shape index (κ3) is 7.40. The van der Waals surface area contributed by atoms with Crippen LogP contribution in [0.5, 0.6) is 5.75 Å². The number of halogens is 2. The van der Waals surface area contributed by atoms with Gasteiger partial charge in [0.2, 0.25) is 5.91 Å². The van der Waals surface area contributed by atoms with E-state index in [1.807, 2.05) is 24.3 Å². The molecular formula is C16H27Cl2N3O2. The lowest BCUT2D eigenvalue weighted by atomic mass is 10.2. The summed E-state index contributed by atoms with van der Waals surface area (Å²) in [5.74, 6) is 0.813. The van der Waals surface area contributed by atoms with Gasteiger partial charge in [-0.1, -0.05) is 12.1 Å². The molecule has 0 atom stereocenters. The molecule has 23 heavy (non-hydrogen) atoms. The molecule has 132 valence electrons. The van der Waals surface area contributed by atoms with Gasteiger partial charge in [-0.2, -0.15) is 0 Å². The Kier molecular flexibility index (Phi) is 9.54. The average molecular weight is 364 g/mol. The van der Waals surface area contributed by atoms with Crippen molar-refractivity contribution in [2.75, 3.05) is 27.2 Å². The molecule has 1 aliphatic rings. The number of rotatable bonds is 8. The third-order valence-electron chi connectivity index (χ3n) is 3.64. The van der Waals surface area contributed by atoms with Gasteiger partial charge in [-0.15, -0.1) is 24.8 Å². The van der Waals surface area contributed by atoms with Crippen molar-refractivity contribution in [3.05, 3.63) is 29.8 Å². The van der Waals surface area contributed by atoms with Crippen molar-refractivity contribution in [1.82, 2.24) is 10.2 Å². The van der Waals surface area contributed by atoms with E-state index < -0.39 is 5.54 Å². The number of nitrogens with two attached hydrogens (primary N) is 1. The van der Waals surface area contributed by atoms with Crippen LogP contribution in [0.15, 0.2) is 24.3 Å². The summed E-state index contributed by atoms with van der Waals surface area (Å²) in [6, 6.07) is 7.81. The van der Waals surface area contributed by atoms with Gasteiger partial charge in [0, 0.05) is 13.1 Å². The lowest BCUT2D eigenvalue weighted by Gasteiger charge is -2.12. The van der Waals surface area contributed by atoms with Crippen LogP contribution < -0.4 is 15.8 Å². The summed E-state index contributed by atoms with van der Waals surface area (Å²) in [6.45, 7) is 2.24. The standard InChI is InChI=1S/C16H25N3O2.2ClH/c1-19(2)10-3-11-21-14-6-4-13(5-7-14)12-18-15(20)16(17)8-9-16;;/h4-7H,3,8-12,17H2,1-2H3,(H,18,20);2*1H. The molecular weight excluding hydrogens is 337 g/mol. The molecule has 0 saturated heterocycles. The summed E-state index contributed by atoms with van der Waals surface area (Å²) in [5, 5.41) is 2.88. The van der Waals surface area contributed by atoms with Crippen molar-refractivity contribution in [3.8, 4) is 5.75 Å². The number of hydrogen-bond acceptors (Lipinski definition) is 4. The fourth-order valence-corrected chi connectivity index (χ4v) is 1.99. The number of carbonyl (C=O) groups excluding carboxylic acids is 1. The van der Waals surface area contributed by atoms with Crippen molar-refractivity contribution in [3.63, 3.8) is 0 Å². The van der Waals surface area contributed by atoms with Crippen LogP contribution in [0.25, 0.3) is 0 Å². The molecule has 3 N–H and O–H groups in total. The van der Waals surface area contributed by atoms with E-state index in [0.717, 1.165) is 37.1 Å². The fraction of sp³-hybridized carbons (Fsp3) is 0.562. The Balaban J connectivity index is 0.00000242. The Morgan fingerprint density at radius 1 is 1.26 bits per heavy atom. The molecule has 0 radical (unpaired) electrons. The maximum Gasteiger partial charge on any atom is 0.240 e. The van der Waals surface area contributed by atoms with E-state index in [-0.39, 0.29) is 30.7 Å². The van der Waals surface area contributed by atoms with Crippen LogP contribution in [-0.2, 0) is 11.3 Å². The van der Waals surface area contributed by atoms with E-state index in [1.165, 1.54) is 0 Å². The largest absolute Gasteiger partial charge is 0.494 e. The number of nitrogens with zero attached hydrogens (tertiary/aromatic N) is 1. The smallest absolute Gasteiger partial charge is 0.240 e. The van der Waals surface area contributed by atoms with E-state index in [9.17, 15) is 4.79 Å². The van der Waals surface area contributed by atoms with Crippen molar-refractivity contribution < 1.29 is 9.53 Å². The van der Waals surface area contributed by atoms with Crippen LogP contribution in [0, 0.1) is 0 Å². The van der Waals surface area contributed by atoms with Gasteiger partial charge in [-0.25, -0.2) is 0 Å². The molecule has 0 spiro atoms. The first-order valence-electron chi connectivity index (χ1n) is 7.43. The minimum Gasteiger partial charge on any atom is -0.494 e. The molecule has 2 rings (SSSR count). The molecule has 7 heteroatoms. The van der Waals surface area contributed by atoms with Crippen LogP contribution in [0.1, 0.15) is 24.8 Å². The van der Waals surface area contributed by atoms with Gasteiger partial charge in [0.1, 0.15) is 5.75 Å². The zero-order valence-electron chi connectivity index (χ0n) is 13.7. The van der Waals surface area contributed by atoms with Crippen molar-refractivity contribution in [2.24, 2.45) is 5.73 Å². The average Bonchev–Trinajstić information content (AvgIpc) is 3.21. The zero-order valence-corrected chi connectivity index (χ0v) is 15.3. The molecule has 1 saturated carbocycles. The first kappa shape index (κ1) is 22.0. The lowest BCUT2D eigenvalue weighted by molar-refractivity contribution is -0.123. The third-order valence-corrected chi connectivity index (χ3v) is 3.64. The van der Waals surface area contributed by atoms with Crippen LogP contribution in [-0.4, -0.2) is 43.6 Å². The fourth-order valence-electron chi connectivity index (χ4n) is 1.99. The van der Waals surface area contributed by atoms with Crippen molar-refractivity contribution in [1.29, 1.82) is 0 Å². The highest BCUT2D eigenvalue weighted by molar-refractivity contribution is 5.88. The summed E-state index contributed by atoms with van der Waals surface area (Å²) in [6.07, 6.45) is 2.58. The molecule has 0 aliphatic heterocycles. The summed E-state index contributed by atoms with van der Waals surface area (Å²) < 4.78 is 5.67. The molecule has 0 aromatic heterocycles. The van der Waals surface area contributed by atoms with E-state index in [4.69, 9.17) is 10.5 Å². The summed E-state index contributed by atoms with van der Waals surface area (Å²) in [4.78, 5) is 13.9. The van der Waals surface area contributed by atoms with Gasteiger partial charge < -0.3 is 20.7 Å². The SMILES string of the molecule is CN(C)CCCOc1ccc(CNC(=O)C2(N)CC2)cc1.Cl.Cl. The Bertz CT molecular complexity index is 477. The molecule has 1 fully saturated rings. The molecule has 0 bridgehead atoms. The number of ether oxygens (including phenoxy) is 1. The maximum absolute atomic E-state index is 11.7. The lowest BCUT2D eigenvalue weighted by Crippen LogP contribution is -2.42. The molecule has 0 unspecified atom stereocenters. The Morgan fingerprint density at radius 2 is 1.87 bits per heavy atom. The summed E-state index contributed by atoms with van der Waals surface area (Å²) in [5.41, 5.74) is 6.28. The quantitative estimate of drug-likeness (QED) is 0.692. The Hall–Kier alpha value is -1.01. The monoisotopic (exact) mass is 363 g/mol. The number of benzene rings is 1. The summed E-state index contributed by atoms with van der Waals surface area (Å²) in [7, 11) is 4.10. The van der Waals surface area contributed by atoms with Crippen LogP contribution in [0.4, 0.5) is 0 Å². The molecule has 1 aliphatic carbocycles. The van der Waals surface area contributed by atoms with Crippen LogP contribution >= 0.6 is 24.8 Å². The molecule has 0 heterocycles. The van der Waals surface area contributed by atoms with Gasteiger partial charge in [0.15, 0.2) is 0 Å². The number of hydrogen-bond donors (Lipinski definition) is 2. The highest BCUT2D eigenvalue weighted by Gasteiger charge is 2.45. The van der Waals surface area contributed by atoms with E-state index in [0.29, 0.717) is 13.2 Å². The Morgan fingerprint density at radius 3 is 2.39 bits per heavy atom. The van der Waals surface area contributed by atoms with Gasteiger partial charge in [0.05, 0.1) is 12.1 Å². The van der Waals surface area contributed by atoms with Gasteiger partial charge in [-0.05, 0) is 51.1 Å². The first-order valence-corrected chi connectivity index (χ1v) is 7.43. The highest BCUT2D eigenvalue weighted by Crippen LogP contribution is 2.32. The number of carbonyl (C=O) groups is 1. The second kappa shape index (κ2) is 9.98. The van der Waals surface area contributed by atoms with E-state index >= 15 is 0 Å². The number of amides is 1. The van der Waals surface area contributed by atoms with Crippen molar-refractivity contribution >= 4 is 30.7 Å². The molecule has 1 amide bonds. The van der Waals surface area contributed by atoms with E-state index in [2.05, 4.69) is 24.3 Å². The topological polar surface area (TPSA) is 67.6 Å². The highest BCUT2D eigenvalue weighted by atomic mass is 35.5. The maximum atomic E-state index is 11.7. The molecule has 5 nitrogen and oxygen atoms in total. The molecule has 1 aromatic rings. The zero-order chi connectivity index (χ0) is 15.3. The minimum atomic E-state index is -0.602. The normalized spacial score (nSPS) is 14.4. The van der Waals surface area contributed by atoms with Gasteiger partial charge in [0.25, 0.3) is 0 Å². The van der Waals surface area contributed by atoms with Gasteiger partial charge in [-0.3, -0.25) is 4.79 Å². The minimum absolute atomic E-state index is 0. The summed E-state index contributed by atoms with van der Waals surface area (Å²) >= 11 is 0. The number of nitrogens with one attached hydrogen (secondary N) is 1. The first-order chi connectivity index (χ1) is 9.99. The second-order valence-corrected chi connectivity index (χ2v) is 5.99. The van der Waals surface area contributed by atoms with Crippen LogP contribution in [0.3, 0.4) is 0 Å². The predicted molar refractivity (Wildman–Crippen MR) is 97.6 cm³/mol.